The van der Waals surface area contributed by atoms with Crippen molar-refractivity contribution < 1.29 is 9.53 Å². The van der Waals surface area contributed by atoms with Gasteiger partial charge in [0.25, 0.3) is 0 Å². The Morgan fingerprint density at radius 1 is 1.24 bits per heavy atom. The van der Waals surface area contributed by atoms with Crippen LogP contribution in [-0.2, 0) is 9.53 Å². The quantitative estimate of drug-likeness (QED) is 0.884. The van der Waals surface area contributed by atoms with E-state index < -0.39 is 5.54 Å². The fourth-order valence-electron chi connectivity index (χ4n) is 2.14. The molecular formula is C15H16N4O2. The van der Waals surface area contributed by atoms with E-state index in [1.807, 2.05) is 30.3 Å². The highest BCUT2D eigenvalue weighted by atomic mass is 16.5. The molecule has 0 radical (unpaired) electrons. The summed E-state index contributed by atoms with van der Waals surface area (Å²) in [6.45, 7) is 0.745. The topological polar surface area (TPSA) is 90.1 Å². The first-order valence-corrected chi connectivity index (χ1v) is 6.73. The van der Waals surface area contributed by atoms with E-state index in [4.69, 9.17) is 10.5 Å². The van der Waals surface area contributed by atoms with Crippen LogP contribution < -0.4 is 11.1 Å². The highest BCUT2D eigenvalue weighted by Gasteiger charge is 2.38. The number of amides is 1. The van der Waals surface area contributed by atoms with Crippen LogP contribution in [0.1, 0.15) is 6.42 Å². The highest BCUT2D eigenvalue weighted by molar-refractivity contribution is 5.98. The molecule has 1 atom stereocenters. The lowest BCUT2D eigenvalue weighted by atomic mass is 9.99. The van der Waals surface area contributed by atoms with Gasteiger partial charge < -0.3 is 15.8 Å². The standard InChI is InChI=1S/C15H16N4O2/c16-15(6-7-21-10-15)14(20)19-12-8-17-13(18-9-12)11-4-2-1-3-5-11/h1-5,8-9H,6-7,10,16H2,(H,19,20). The van der Waals surface area contributed by atoms with Crippen molar-refractivity contribution in [3.8, 4) is 11.4 Å². The maximum absolute atomic E-state index is 12.1. The molecule has 1 unspecified atom stereocenters. The van der Waals surface area contributed by atoms with Crippen molar-refractivity contribution in [1.82, 2.24) is 9.97 Å². The van der Waals surface area contributed by atoms with Gasteiger partial charge in [-0.3, -0.25) is 4.79 Å². The predicted molar refractivity (Wildman–Crippen MR) is 78.5 cm³/mol. The van der Waals surface area contributed by atoms with Crippen LogP contribution in [0.4, 0.5) is 5.69 Å². The Hall–Kier alpha value is -2.31. The van der Waals surface area contributed by atoms with E-state index in [0.717, 1.165) is 5.56 Å². The molecule has 0 aliphatic carbocycles. The smallest absolute Gasteiger partial charge is 0.247 e. The van der Waals surface area contributed by atoms with Gasteiger partial charge in [-0.1, -0.05) is 30.3 Å². The molecule has 108 valence electrons. The molecule has 0 bridgehead atoms. The van der Waals surface area contributed by atoms with Crippen LogP contribution in [0.5, 0.6) is 0 Å². The molecule has 3 N–H and O–H groups in total. The number of nitrogens with two attached hydrogens (primary N) is 1. The molecule has 1 saturated heterocycles. The van der Waals surface area contributed by atoms with Crippen molar-refractivity contribution in [2.45, 2.75) is 12.0 Å². The summed E-state index contributed by atoms with van der Waals surface area (Å²) in [6.07, 6.45) is 3.67. The first-order valence-electron chi connectivity index (χ1n) is 6.73. The van der Waals surface area contributed by atoms with E-state index in [1.165, 1.54) is 0 Å². The Morgan fingerprint density at radius 3 is 2.57 bits per heavy atom. The number of hydrogen-bond donors (Lipinski definition) is 2. The predicted octanol–water partition coefficient (Wildman–Crippen LogP) is 1.20. The van der Waals surface area contributed by atoms with Crippen LogP contribution in [0.25, 0.3) is 11.4 Å². The van der Waals surface area contributed by atoms with Gasteiger partial charge in [0.2, 0.25) is 5.91 Å². The van der Waals surface area contributed by atoms with Crippen LogP contribution in [0.2, 0.25) is 0 Å². The average molecular weight is 284 g/mol. The minimum absolute atomic E-state index is 0.238. The van der Waals surface area contributed by atoms with E-state index in [1.54, 1.807) is 12.4 Å². The highest BCUT2D eigenvalue weighted by Crippen LogP contribution is 2.19. The number of carbonyl (C=O) groups excluding carboxylic acids is 1. The van der Waals surface area contributed by atoms with Crippen LogP contribution >= 0.6 is 0 Å². The fraction of sp³-hybridized carbons (Fsp3) is 0.267. The summed E-state index contributed by atoms with van der Waals surface area (Å²) >= 11 is 0. The second-order valence-corrected chi connectivity index (χ2v) is 5.07. The molecule has 1 aromatic heterocycles. The fourth-order valence-corrected chi connectivity index (χ4v) is 2.14. The Kier molecular flexibility index (Phi) is 3.64. The molecular weight excluding hydrogens is 268 g/mol. The van der Waals surface area contributed by atoms with Gasteiger partial charge >= 0.3 is 0 Å². The second kappa shape index (κ2) is 5.59. The van der Waals surface area contributed by atoms with Gasteiger partial charge in [-0.2, -0.15) is 0 Å². The largest absolute Gasteiger partial charge is 0.379 e. The number of aromatic nitrogens is 2. The van der Waals surface area contributed by atoms with Gasteiger partial charge in [0.1, 0.15) is 5.54 Å². The Balaban J connectivity index is 1.72. The van der Waals surface area contributed by atoms with Crippen molar-refractivity contribution in [1.29, 1.82) is 0 Å². The van der Waals surface area contributed by atoms with Gasteiger partial charge in [0.15, 0.2) is 5.82 Å². The van der Waals surface area contributed by atoms with Crippen molar-refractivity contribution in [3.05, 3.63) is 42.7 Å². The SMILES string of the molecule is NC1(C(=O)Nc2cnc(-c3ccccc3)nc2)CCOC1. The number of rotatable bonds is 3. The average Bonchev–Trinajstić information content (AvgIpc) is 2.97. The van der Waals surface area contributed by atoms with E-state index in [9.17, 15) is 4.79 Å². The molecule has 1 aliphatic rings. The molecule has 6 heteroatoms. The lowest BCUT2D eigenvalue weighted by molar-refractivity contribution is -0.121. The summed E-state index contributed by atoms with van der Waals surface area (Å²) in [5, 5.41) is 2.73. The maximum atomic E-state index is 12.1. The van der Waals surface area contributed by atoms with Crippen molar-refractivity contribution in [2.24, 2.45) is 5.73 Å². The summed E-state index contributed by atoms with van der Waals surface area (Å²) in [5.41, 5.74) is 6.48. The molecule has 1 fully saturated rings. The van der Waals surface area contributed by atoms with Crippen LogP contribution in [0, 0.1) is 0 Å². The summed E-state index contributed by atoms with van der Waals surface area (Å²) in [5.74, 6) is 0.344. The van der Waals surface area contributed by atoms with E-state index >= 15 is 0 Å². The number of anilines is 1. The third-order valence-corrected chi connectivity index (χ3v) is 3.45. The molecule has 6 nitrogen and oxygen atoms in total. The number of ether oxygens (including phenoxy) is 1. The Morgan fingerprint density at radius 2 is 1.95 bits per heavy atom. The summed E-state index contributed by atoms with van der Waals surface area (Å²) in [7, 11) is 0. The Labute approximate surface area is 122 Å². The molecule has 1 aliphatic heterocycles. The summed E-state index contributed by atoms with van der Waals surface area (Å²) < 4.78 is 5.18. The van der Waals surface area contributed by atoms with Crippen molar-refractivity contribution in [2.75, 3.05) is 18.5 Å². The zero-order chi connectivity index (χ0) is 14.7. The number of carbonyl (C=O) groups is 1. The number of benzene rings is 1. The molecule has 21 heavy (non-hydrogen) atoms. The normalized spacial score (nSPS) is 21.2. The zero-order valence-corrected chi connectivity index (χ0v) is 11.5. The third kappa shape index (κ3) is 2.91. The molecule has 0 saturated carbocycles. The minimum atomic E-state index is -0.960. The van der Waals surface area contributed by atoms with Gasteiger partial charge in [-0.25, -0.2) is 9.97 Å². The van der Waals surface area contributed by atoms with Gasteiger partial charge in [-0.05, 0) is 6.42 Å². The molecule has 2 aromatic rings. The van der Waals surface area contributed by atoms with E-state index in [-0.39, 0.29) is 12.5 Å². The van der Waals surface area contributed by atoms with Crippen molar-refractivity contribution >= 4 is 11.6 Å². The van der Waals surface area contributed by atoms with Gasteiger partial charge in [-0.15, -0.1) is 0 Å². The van der Waals surface area contributed by atoms with E-state index in [0.29, 0.717) is 24.5 Å². The lowest BCUT2D eigenvalue weighted by Gasteiger charge is -2.20. The van der Waals surface area contributed by atoms with Crippen LogP contribution in [0.3, 0.4) is 0 Å². The van der Waals surface area contributed by atoms with Gasteiger partial charge in [0, 0.05) is 12.2 Å². The number of nitrogens with one attached hydrogen (secondary N) is 1. The van der Waals surface area contributed by atoms with E-state index in [2.05, 4.69) is 15.3 Å². The Bertz CT molecular complexity index is 622. The first kappa shape index (κ1) is 13.7. The number of hydrogen-bond acceptors (Lipinski definition) is 5. The zero-order valence-electron chi connectivity index (χ0n) is 11.5. The summed E-state index contributed by atoms with van der Waals surface area (Å²) in [4.78, 5) is 20.6. The minimum Gasteiger partial charge on any atom is -0.379 e. The van der Waals surface area contributed by atoms with Gasteiger partial charge in [0.05, 0.1) is 24.7 Å². The maximum Gasteiger partial charge on any atom is 0.247 e. The monoisotopic (exact) mass is 284 g/mol. The van der Waals surface area contributed by atoms with Crippen LogP contribution in [-0.4, -0.2) is 34.6 Å². The first-order chi connectivity index (χ1) is 10.2. The second-order valence-electron chi connectivity index (χ2n) is 5.07. The molecule has 2 heterocycles. The third-order valence-electron chi connectivity index (χ3n) is 3.45. The van der Waals surface area contributed by atoms with Crippen LogP contribution in [0.15, 0.2) is 42.7 Å². The molecule has 3 rings (SSSR count). The molecule has 1 amide bonds. The van der Waals surface area contributed by atoms with Crippen molar-refractivity contribution in [3.63, 3.8) is 0 Å². The molecule has 0 spiro atoms. The summed E-state index contributed by atoms with van der Waals surface area (Å²) in [6, 6.07) is 9.64. The molecule has 1 aromatic carbocycles. The number of nitrogens with zero attached hydrogens (tertiary/aromatic N) is 2. The lowest BCUT2D eigenvalue weighted by Crippen LogP contribution is -2.51.